The van der Waals surface area contributed by atoms with Crippen molar-refractivity contribution in [3.63, 3.8) is 0 Å². The highest BCUT2D eigenvalue weighted by molar-refractivity contribution is 6.09. The molecule has 0 unspecified atom stereocenters. The molecule has 3 rings (SSSR count). The summed E-state index contributed by atoms with van der Waals surface area (Å²) in [7, 11) is 0. The quantitative estimate of drug-likeness (QED) is 0.459. The van der Waals surface area contributed by atoms with E-state index in [1.165, 1.54) is 11.1 Å². The van der Waals surface area contributed by atoms with Crippen molar-refractivity contribution in [1.29, 1.82) is 0 Å². The summed E-state index contributed by atoms with van der Waals surface area (Å²) in [5, 5.41) is 3.39. The number of carbonyl (C=O) groups is 1. The van der Waals surface area contributed by atoms with E-state index in [4.69, 9.17) is 0 Å². The average molecular weight is 341 g/mol. The van der Waals surface area contributed by atoms with Crippen molar-refractivity contribution in [3.05, 3.63) is 107 Å². The first-order chi connectivity index (χ1) is 12.5. The maximum absolute atomic E-state index is 12.7. The zero-order valence-corrected chi connectivity index (χ0v) is 15.4. The SMILES string of the molecule is Cc1ccc(N/C(=C\C(=O)c2ccc(C)cc2)c2ccc(C)cc2)cc1. The van der Waals surface area contributed by atoms with Gasteiger partial charge in [0.05, 0.1) is 0 Å². The minimum Gasteiger partial charge on any atom is -0.355 e. The second-order valence-electron chi connectivity index (χ2n) is 6.65. The maximum atomic E-state index is 12.7. The summed E-state index contributed by atoms with van der Waals surface area (Å²) in [6.45, 7) is 6.13. The van der Waals surface area contributed by atoms with Crippen molar-refractivity contribution >= 4 is 17.2 Å². The largest absolute Gasteiger partial charge is 0.355 e. The molecule has 0 aromatic heterocycles. The van der Waals surface area contributed by atoms with Crippen LogP contribution >= 0.6 is 0 Å². The van der Waals surface area contributed by atoms with Crippen LogP contribution in [0.2, 0.25) is 0 Å². The molecule has 0 fully saturated rings. The molecular weight excluding hydrogens is 318 g/mol. The van der Waals surface area contributed by atoms with Crippen LogP contribution in [0.15, 0.2) is 78.9 Å². The van der Waals surface area contributed by atoms with Crippen molar-refractivity contribution in [2.24, 2.45) is 0 Å². The summed E-state index contributed by atoms with van der Waals surface area (Å²) in [5.74, 6) is -0.0137. The monoisotopic (exact) mass is 341 g/mol. The third-order valence-corrected chi connectivity index (χ3v) is 4.30. The van der Waals surface area contributed by atoms with Gasteiger partial charge in [-0.25, -0.2) is 0 Å². The van der Waals surface area contributed by atoms with Crippen molar-refractivity contribution in [2.45, 2.75) is 20.8 Å². The fourth-order valence-corrected chi connectivity index (χ4v) is 2.65. The highest BCUT2D eigenvalue weighted by Crippen LogP contribution is 2.21. The van der Waals surface area contributed by atoms with E-state index in [-0.39, 0.29) is 5.78 Å². The van der Waals surface area contributed by atoms with Gasteiger partial charge in [0.2, 0.25) is 0 Å². The van der Waals surface area contributed by atoms with E-state index in [9.17, 15) is 4.79 Å². The molecule has 26 heavy (non-hydrogen) atoms. The Morgan fingerprint density at radius 1 is 0.654 bits per heavy atom. The summed E-state index contributed by atoms with van der Waals surface area (Å²) in [4.78, 5) is 12.7. The van der Waals surface area contributed by atoms with Crippen LogP contribution in [-0.2, 0) is 0 Å². The van der Waals surface area contributed by atoms with Gasteiger partial charge in [0.15, 0.2) is 5.78 Å². The standard InChI is InChI=1S/C24H23NO/c1-17-4-10-20(11-5-17)23(25-22-14-8-19(3)9-15-22)16-24(26)21-12-6-18(2)7-13-21/h4-16,25H,1-3H3/b23-16-. The number of anilines is 1. The lowest BCUT2D eigenvalue weighted by Crippen LogP contribution is -2.04. The zero-order chi connectivity index (χ0) is 18.5. The fraction of sp³-hybridized carbons (Fsp3) is 0.125. The van der Waals surface area contributed by atoms with Gasteiger partial charge in [-0.15, -0.1) is 0 Å². The van der Waals surface area contributed by atoms with Crippen LogP contribution in [0, 0.1) is 20.8 Å². The van der Waals surface area contributed by atoms with Crippen molar-refractivity contribution in [2.75, 3.05) is 5.32 Å². The molecule has 0 bridgehead atoms. The minimum atomic E-state index is -0.0137. The number of aryl methyl sites for hydroxylation is 3. The Morgan fingerprint density at radius 2 is 1.08 bits per heavy atom. The minimum absolute atomic E-state index is 0.0137. The van der Waals surface area contributed by atoms with E-state index in [0.29, 0.717) is 5.56 Å². The number of rotatable bonds is 5. The fourth-order valence-electron chi connectivity index (χ4n) is 2.65. The van der Waals surface area contributed by atoms with Gasteiger partial charge < -0.3 is 5.32 Å². The van der Waals surface area contributed by atoms with Gasteiger partial charge in [-0.05, 0) is 38.5 Å². The Balaban J connectivity index is 1.95. The first-order valence-electron chi connectivity index (χ1n) is 8.75. The van der Waals surface area contributed by atoms with Crippen LogP contribution in [0.25, 0.3) is 5.70 Å². The van der Waals surface area contributed by atoms with E-state index in [1.54, 1.807) is 6.08 Å². The van der Waals surface area contributed by atoms with Crippen molar-refractivity contribution in [3.8, 4) is 0 Å². The van der Waals surface area contributed by atoms with Gasteiger partial charge in [-0.2, -0.15) is 0 Å². The molecule has 0 aliphatic heterocycles. The molecule has 2 nitrogen and oxygen atoms in total. The number of carbonyl (C=O) groups excluding carboxylic acids is 1. The molecular formula is C24H23NO. The molecule has 0 aliphatic carbocycles. The molecule has 0 amide bonds. The summed E-state index contributed by atoms with van der Waals surface area (Å²) < 4.78 is 0. The Labute approximate surface area is 155 Å². The number of nitrogens with one attached hydrogen (secondary N) is 1. The van der Waals surface area contributed by atoms with Gasteiger partial charge in [-0.3, -0.25) is 4.79 Å². The molecule has 0 radical (unpaired) electrons. The summed E-state index contributed by atoms with van der Waals surface area (Å²) >= 11 is 0. The number of hydrogen-bond donors (Lipinski definition) is 1. The molecule has 1 N–H and O–H groups in total. The summed E-state index contributed by atoms with van der Waals surface area (Å²) in [6.07, 6.45) is 1.68. The summed E-state index contributed by atoms with van der Waals surface area (Å²) in [6, 6.07) is 24.0. The number of hydrogen-bond acceptors (Lipinski definition) is 2. The highest BCUT2D eigenvalue weighted by atomic mass is 16.1. The average Bonchev–Trinajstić information content (AvgIpc) is 2.64. The third-order valence-electron chi connectivity index (χ3n) is 4.30. The topological polar surface area (TPSA) is 29.1 Å². The lowest BCUT2D eigenvalue weighted by atomic mass is 10.0. The van der Waals surface area contributed by atoms with E-state index >= 15 is 0 Å². The Kier molecular flexibility index (Phi) is 5.33. The van der Waals surface area contributed by atoms with Gasteiger partial charge in [-0.1, -0.05) is 77.4 Å². The van der Waals surface area contributed by atoms with Crippen LogP contribution < -0.4 is 5.32 Å². The number of allylic oxidation sites excluding steroid dienone is 1. The normalized spacial score (nSPS) is 11.3. The molecule has 0 saturated heterocycles. The van der Waals surface area contributed by atoms with Crippen LogP contribution in [0.5, 0.6) is 0 Å². The molecule has 0 atom stereocenters. The van der Waals surface area contributed by atoms with Crippen LogP contribution in [0.1, 0.15) is 32.6 Å². The molecule has 130 valence electrons. The Bertz CT molecular complexity index is 917. The van der Waals surface area contributed by atoms with E-state index in [1.807, 2.05) is 55.5 Å². The second kappa shape index (κ2) is 7.83. The van der Waals surface area contributed by atoms with Crippen molar-refractivity contribution in [1.82, 2.24) is 0 Å². The summed E-state index contributed by atoms with van der Waals surface area (Å²) in [5.41, 5.74) is 6.95. The lowest BCUT2D eigenvalue weighted by molar-refractivity contribution is 0.104. The van der Waals surface area contributed by atoms with Gasteiger partial charge in [0.25, 0.3) is 0 Å². The maximum Gasteiger partial charge on any atom is 0.187 e. The first-order valence-corrected chi connectivity index (χ1v) is 8.75. The third kappa shape index (κ3) is 4.48. The van der Waals surface area contributed by atoms with Crippen LogP contribution in [0.3, 0.4) is 0 Å². The molecule has 2 heteroatoms. The highest BCUT2D eigenvalue weighted by Gasteiger charge is 2.08. The Morgan fingerprint density at radius 3 is 1.58 bits per heavy atom. The molecule has 0 spiro atoms. The van der Waals surface area contributed by atoms with E-state index in [2.05, 4.69) is 43.4 Å². The zero-order valence-electron chi connectivity index (χ0n) is 15.4. The first kappa shape index (κ1) is 17.7. The number of ketones is 1. The van der Waals surface area contributed by atoms with E-state index in [0.717, 1.165) is 22.5 Å². The number of benzene rings is 3. The van der Waals surface area contributed by atoms with Crippen LogP contribution in [-0.4, -0.2) is 5.78 Å². The molecule has 0 saturated carbocycles. The van der Waals surface area contributed by atoms with Crippen molar-refractivity contribution < 1.29 is 4.79 Å². The molecule has 3 aromatic rings. The van der Waals surface area contributed by atoms with Crippen LogP contribution in [0.4, 0.5) is 5.69 Å². The second-order valence-corrected chi connectivity index (χ2v) is 6.65. The lowest BCUT2D eigenvalue weighted by Gasteiger charge is -2.12. The predicted molar refractivity (Wildman–Crippen MR) is 109 cm³/mol. The molecule has 0 heterocycles. The van der Waals surface area contributed by atoms with Gasteiger partial charge in [0, 0.05) is 23.0 Å². The van der Waals surface area contributed by atoms with Gasteiger partial charge >= 0.3 is 0 Å². The van der Waals surface area contributed by atoms with E-state index < -0.39 is 0 Å². The predicted octanol–water partition coefficient (Wildman–Crippen LogP) is 5.95. The molecule has 0 aliphatic rings. The Hall–Kier alpha value is -3.13. The molecule has 3 aromatic carbocycles. The van der Waals surface area contributed by atoms with Gasteiger partial charge in [0.1, 0.15) is 0 Å². The smallest absolute Gasteiger partial charge is 0.187 e.